The van der Waals surface area contributed by atoms with Gasteiger partial charge in [-0.05, 0) is 69.0 Å². The van der Waals surface area contributed by atoms with E-state index in [1.54, 1.807) is 0 Å². The van der Waals surface area contributed by atoms with E-state index in [0.717, 1.165) is 40.5 Å². The Kier molecular flexibility index (Phi) is 7.09. The Balaban J connectivity index is 1.67. The molecule has 2 aromatic carbocycles. The largest absolute Gasteiger partial charge is 0.490 e. The van der Waals surface area contributed by atoms with Gasteiger partial charge in [0.1, 0.15) is 4.99 Å². The minimum absolute atomic E-state index is 0.0939. The van der Waals surface area contributed by atoms with Crippen molar-refractivity contribution >= 4 is 28.8 Å². The van der Waals surface area contributed by atoms with Crippen LogP contribution in [-0.2, 0) is 4.79 Å². The second-order valence-electron chi connectivity index (χ2n) is 7.18. The van der Waals surface area contributed by atoms with Gasteiger partial charge in [0, 0.05) is 24.3 Å². The molecule has 1 aliphatic heterocycles. The molecule has 0 aliphatic carbocycles. The molecule has 0 atom stereocenters. The van der Waals surface area contributed by atoms with Crippen LogP contribution in [0.5, 0.6) is 11.5 Å². The molecule has 5 nitrogen and oxygen atoms in total. The Morgan fingerprint density at radius 1 is 1.10 bits per heavy atom. The Morgan fingerprint density at radius 3 is 2.59 bits per heavy atom. The van der Waals surface area contributed by atoms with Crippen LogP contribution in [0.1, 0.15) is 36.5 Å². The Bertz CT molecular complexity index is 892. The predicted octanol–water partition coefficient (Wildman–Crippen LogP) is 4.49. The summed E-state index contributed by atoms with van der Waals surface area (Å²) in [5.41, 5.74) is 3.93. The summed E-state index contributed by atoms with van der Waals surface area (Å²) >= 11 is 5.63. The first-order valence-electron chi connectivity index (χ1n) is 10.0. The smallest absolute Gasteiger partial charge is 0.262 e. The van der Waals surface area contributed by atoms with Gasteiger partial charge in [0.05, 0.1) is 6.61 Å². The summed E-state index contributed by atoms with van der Waals surface area (Å²) in [5.74, 6) is 0.930. The maximum Gasteiger partial charge on any atom is 0.262 e. The first-order chi connectivity index (χ1) is 14.0. The van der Waals surface area contributed by atoms with Gasteiger partial charge in [0.25, 0.3) is 5.91 Å². The average molecular weight is 413 g/mol. The highest BCUT2D eigenvalue weighted by Gasteiger charge is 2.18. The molecule has 6 heteroatoms. The lowest BCUT2D eigenvalue weighted by molar-refractivity contribution is -0.118. The molecule has 0 bridgehead atoms. The molecule has 0 unspecified atom stereocenters. The SMILES string of the molecule is CCOc1cc(C(=S)N2CCCC2)ccc1OCC(=O)Nc1cccc(C)c1C. The van der Waals surface area contributed by atoms with E-state index in [2.05, 4.69) is 10.2 Å². The number of hydrogen-bond donors (Lipinski definition) is 1. The zero-order valence-electron chi connectivity index (χ0n) is 17.3. The molecule has 29 heavy (non-hydrogen) atoms. The predicted molar refractivity (Wildman–Crippen MR) is 120 cm³/mol. The van der Waals surface area contributed by atoms with E-state index in [1.807, 2.05) is 57.2 Å². The number of ether oxygens (including phenoxy) is 2. The van der Waals surface area contributed by atoms with Crippen LogP contribution in [0.2, 0.25) is 0 Å². The third kappa shape index (κ3) is 5.26. The fourth-order valence-corrected chi connectivity index (χ4v) is 3.66. The number of carbonyl (C=O) groups is 1. The molecule has 2 aromatic rings. The second-order valence-corrected chi connectivity index (χ2v) is 7.56. The quantitative estimate of drug-likeness (QED) is 0.679. The maximum atomic E-state index is 12.4. The van der Waals surface area contributed by atoms with E-state index in [1.165, 1.54) is 12.8 Å². The number of amides is 1. The summed E-state index contributed by atoms with van der Waals surface area (Å²) in [7, 11) is 0. The third-order valence-electron chi connectivity index (χ3n) is 5.12. The van der Waals surface area contributed by atoms with Gasteiger partial charge in [-0.3, -0.25) is 4.79 Å². The van der Waals surface area contributed by atoms with Gasteiger partial charge < -0.3 is 19.7 Å². The second kappa shape index (κ2) is 9.74. The first-order valence-corrected chi connectivity index (χ1v) is 10.5. The molecule has 1 aliphatic rings. The lowest BCUT2D eigenvalue weighted by atomic mass is 10.1. The van der Waals surface area contributed by atoms with Crippen molar-refractivity contribution in [3.63, 3.8) is 0 Å². The molecule has 154 valence electrons. The molecule has 0 saturated carbocycles. The summed E-state index contributed by atoms with van der Waals surface area (Å²) in [6.45, 7) is 8.33. The number of aryl methyl sites for hydroxylation is 1. The highest BCUT2D eigenvalue weighted by atomic mass is 32.1. The van der Waals surface area contributed by atoms with Crippen LogP contribution in [0.25, 0.3) is 0 Å². The van der Waals surface area contributed by atoms with Crippen molar-refractivity contribution in [2.45, 2.75) is 33.6 Å². The van der Waals surface area contributed by atoms with Crippen LogP contribution >= 0.6 is 12.2 Å². The standard InChI is InChI=1S/C23H28N2O3S/c1-4-27-21-14-18(23(29)25-12-5-6-13-25)10-11-20(21)28-15-22(26)24-19-9-7-8-16(2)17(19)3/h7-11,14H,4-6,12-13,15H2,1-3H3,(H,24,26). The number of nitrogens with one attached hydrogen (secondary N) is 1. The van der Waals surface area contributed by atoms with Crippen molar-refractivity contribution < 1.29 is 14.3 Å². The zero-order valence-corrected chi connectivity index (χ0v) is 18.1. The highest BCUT2D eigenvalue weighted by molar-refractivity contribution is 7.80. The normalized spacial score (nSPS) is 13.3. The monoisotopic (exact) mass is 412 g/mol. The number of carbonyl (C=O) groups excluding carboxylic acids is 1. The van der Waals surface area contributed by atoms with E-state index >= 15 is 0 Å². The Labute approximate surface area is 178 Å². The van der Waals surface area contributed by atoms with Crippen molar-refractivity contribution in [3.8, 4) is 11.5 Å². The molecule has 1 heterocycles. The molecule has 0 spiro atoms. The van der Waals surface area contributed by atoms with Crippen LogP contribution in [0.3, 0.4) is 0 Å². The number of hydrogen-bond acceptors (Lipinski definition) is 4. The van der Waals surface area contributed by atoms with Crippen LogP contribution in [0.15, 0.2) is 36.4 Å². The summed E-state index contributed by atoms with van der Waals surface area (Å²) in [6.07, 6.45) is 2.35. The van der Waals surface area contributed by atoms with Gasteiger partial charge >= 0.3 is 0 Å². The van der Waals surface area contributed by atoms with Crippen LogP contribution < -0.4 is 14.8 Å². The van der Waals surface area contributed by atoms with Crippen LogP contribution in [0.4, 0.5) is 5.69 Å². The molecule has 0 radical (unpaired) electrons. The number of likely N-dealkylation sites (tertiary alicyclic amines) is 1. The van der Waals surface area contributed by atoms with E-state index < -0.39 is 0 Å². The van der Waals surface area contributed by atoms with Gasteiger partial charge in [0.15, 0.2) is 18.1 Å². The first kappa shape index (κ1) is 21.1. The summed E-state index contributed by atoms with van der Waals surface area (Å²) in [5, 5.41) is 2.91. The van der Waals surface area contributed by atoms with Gasteiger partial charge in [-0.25, -0.2) is 0 Å². The number of anilines is 1. The van der Waals surface area contributed by atoms with E-state index in [4.69, 9.17) is 21.7 Å². The molecule has 0 aromatic heterocycles. The minimum Gasteiger partial charge on any atom is -0.490 e. The third-order valence-corrected chi connectivity index (χ3v) is 5.62. The van der Waals surface area contributed by atoms with Crippen LogP contribution in [-0.4, -0.2) is 42.1 Å². The number of benzene rings is 2. The van der Waals surface area contributed by atoms with Gasteiger partial charge in [-0.1, -0.05) is 24.4 Å². The topological polar surface area (TPSA) is 50.8 Å². The molecule has 1 fully saturated rings. The van der Waals surface area contributed by atoms with E-state index in [-0.39, 0.29) is 12.5 Å². The average Bonchev–Trinajstić information content (AvgIpc) is 3.25. The maximum absolute atomic E-state index is 12.4. The molecule has 1 amide bonds. The van der Waals surface area contributed by atoms with Crippen molar-refractivity contribution in [2.75, 3.05) is 31.6 Å². The van der Waals surface area contributed by atoms with Gasteiger partial charge in [-0.2, -0.15) is 0 Å². The molecular weight excluding hydrogens is 384 g/mol. The van der Waals surface area contributed by atoms with Crippen molar-refractivity contribution in [1.29, 1.82) is 0 Å². The number of nitrogens with zero attached hydrogens (tertiary/aromatic N) is 1. The lowest BCUT2D eigenvalue weighted by Gasteiger charge is -2.20. The molecule has 1 saturated heterocycles. The van der Waals surface area contributed by atoms with Crippen molar-refractivity contribution in [3.05, 3.63) is 53.1 Å². The Morgan fingerprint density at radius 2 is 1.86 bits per heavy atom. The van der Waals surface area contributed by atoms with E-state index in [9.17, 15) is 4.79 Å². The minimum atomic E-state index is -0.210. The fraction of sp³-hybridized carbons (Fsp3) is 0.391. The van der Waals surface area contributed by atoms with Gasteiger partial charge in [-0.15, -0.1) is 0 Å². The molecule has 3 rings (SSSR count). The van der Waals surface area contributed by atoms with Crippen molar-refractivity contribution in [1.82, 2.24) is 4.90 Å². The van der Waals surface area contributed by atoms with E-state index in [0.29, 0.717) is 18.1 Å². The zero-order chi connectivity index (χ0) is 20.8. The van der Waals surface area contributed by atoms with Gasteiger partial charge in [0.2, 0.25) is 0 Å². The molecular formula is C23H28N2O3S. The summed E-state index contributed by atoms with van der Waals surface area (Å²) in [4.78, 5) is 15.4. The Hall–Kier alpha value is -2.60. The fourth-order valence-electron chi connectivity index (χ4n) is 3.35. The summed E-state index contributed by atoms with van der Waals surface area (Å²) in [6, 6.07) is 11.5. The highest BCUT2D eigenvalue weighted by Crippen LogP contribution is 2.30. The number of thiocarbonyl (C=S) groups is 1. The molecule has 1 N–H and O–H groups in total. The summed E-state index contributed by atoms with van der Waals surface area (Å²) < 4.78 is 11.5. The van der Waals surface area contributed by atoms with Crippen molar-refractivity contribution in [2.24, 2.45) is 0 Å². The lowest BCUT2D eigenvalue weighted by Crippen LogP contribution is -2.26. The number of rotatable bonds is 7. The van der Waals surface area contributed by atoms with Crippen LogP contribution in [0, 0.1) is 13.8 Å².